The summed E-state index contributed by atoms with van der Waals surface area (Å²) in [5.74, 6) is 0.0197. The molecule has 1 fully saturated rings. The van der Waals surface area contributed by atoms with Gasteiger partial charge in [0.25, 0.3) is 0 Å². The Labute approximate surface area is 152 Å². The smallest absolute Gasteiger partial charge is 0.226 e. The fourth-order valence-corrected chi connectivity index (χ4v) is 3.20. The molecule has 134 valence electrons. The van der Waals surface area contributed by atoms with Crippen LogP contribution in [0.25, 0.3) is 0 Å². The average Bonchev–Trinajstić information content (AvgIpc) is 3.42. The molecule has 0 aromatic heterocycles. The van der Waals surface area contributed by atoms with Crippen molar-refractivity contribution in [1.29, 1.82) is 0 Å². The average molecular weight is 352 g/mol. The third-order valence-electron chi connectivity index (χ3n) is 4.79. The first-order chi connectivity index (χ1) is 12.7. The van der Waals surface area contributed by atoms with Crippen LogP contribution in [-0.4, -0.2) is 29.2 Å². The normalized spacial score (nSPS) is 19.0. The second kappa shape index (κ2) is 7.28. The number of hydrogen-bond donors (Lipinski definition) is 0. The molecule has 2 aromatic carbocycles. The molecule has 4 rings (SSSR count). The van der Waals surface area contributed by atoms with Gasteiger partial charge in [-0.05, 0) is 36.1 Å². The Morgan fingerprint density at radius 1 is 1.12 bits per heavy atom. The monoisotopic (exact) mass is 352 g/mol. The van der Waals surface area contributed by atoms with Crippen molar-refractivity contribution in [1.82, 2.24) is 4.90 Å². The van der Waals surface area contributed by atoms with Crippen LogP contribution < -0.4 is 0 Å². The summed E-state index contributed by atoms with van der Waals surface area (Å²) in [6, 6.07) is 16.2. The Morgan fingerprint density at radius 3 is 2.54 bits per heavy atom. The minimum Gasteiger partial charge on any atom is -0.390 e. The van der Waals surface area contributed by atoms with Crippen LogP contribution in [0.3, 0.4) is 0 Å². The Hall–Kier alpha value is -2.69. The van der Waals surface area contributed by atoms with Crippen LogP contribution in [-0.2, 0) is 16.2 Å². The molecule has 0 saturated heterocycles. The second-order valence-electron chi connectivity index (χ2n) is 6.96. The van der Waals surface area contributed by atoms with E-state index in [2.05, 4.69) is 5.16 Å². The van der Waals surface area contributed by atoms with Crippen LogP contribution in [0.5, 0.6) is 0 Å². The molecule has 2 aliphatic rings. The lowest BCUT2D eigenvalue weighted by molar-refractivity contribution is -0.135. The lowest BCUT2D eigenvalue weighted by atomic mass is 10.0. The van der Waals surface area contributed by atoms with Crippen LogP contribution in [0.2, 0.25) is 0 Å². The molecule has 4 nitrogen and oxygen atoms in total. The predicted octanol–water partition coefficient (Wildman–Crippen LogP) is 3.76. The molecule has 1 atom stereocenters. The van der Waals surface area contributed by atoms with E-state index in [1.54, 1.807) is 12.1 Å². The van der Waals surface area contributed by atoms with Gasteiger partial charge in [-0.25, -0.2) is 4.39 Å². The van der Waals surface area contributed by atoms with Crippen molar-refractivity contribution in [3.63, 3.8) is 0 Å². The van der Waals surface area contributed by atoms with E-state index >= 15 is 0 Å². The first-order valence-electron chi connectivity index (χ1n) is 9.00. The van der Waals surface area contributed by atoms with Gasteiger partial charge in [0.15, 0.2) is 6.10 Å². The first-order valence-corrected chi connectivity index (χ1v) is 9.00. The highest BCUT2D eigenvalue weighted by molar-refractivity contribution is 6.01. The summed E-state index contributed by atoms with van der Waals surface area (Å²) >= 11 is 0. The van der Waals surface area contributed by atoms with Crippen LogP contribution in [0.1, 0.15) is 30.4 Å². The van der Waals surface area contributed by atoms with Crippen molar-refractivity contribution in [3.05, 3.63) is 71.5 Å². The van der Waals surface area contributed by atoms with E-state index in [0.717, 1.165) is 29.7 Å². The van der Waals surface area contributed by atoms with E-state index < -0.39 is 0 Å². The molecule has 0 bridgehead atoms. The van der Waals surface area contributed by atoms with Crippen molar-refractivity contribution in [3.8, 4) is 0 Å². The third kappa shape index (κ3) is 3.93. The maximum Gasteiger partial charge on any atom is 0.226 e. The molecule has 0 N–H and O–H groups in total. The number of amides is 1. The number of benzene rings is 2. The van der Waals surface area contributed by atoms with Gasteiger partial charge in [-0.2, -0.15) is 0 Å². The summed E-state index contributed by atoms with van der Waals surface area (Å²) in [7, 11) is 0. The number of hydrogen-bond acceptors (Lipinski definition) is 3. The van der Waals surface area contributed by atoms with E-state index in [1.165, 1.54) is 12.1 Å². The van der Waals surface area contributed by atoms with E-state index in [0.29, 0.717) is 19.5 Å². The molecule has 1 amide bonds. The number of carbonyl (C=O) groups is 1. The van der Waals surface area contributed by atoms with Crippen molar-refractivity contribution < 1.29 is 14.0 Å². The standard InChI is InChI=1S/C21H21FN2O2/c22-18-10-6-15(7-11-18)13-24(21(25)17-8-9-17)14-19-12-20(23-26-19)16-4-2-1-3-5-16/h1-7,10-11,17,19H,8-9,12-14H2. The molecule has 1 aliphatic heterocycles. The molecule has 1 heterocycles. The first kappa shape index (κ1) is 16.8. The fraction of sp³-hybridized carbons (Fsp3) is 0.333. The quantitative estimate of drug-likeness (QED) is 0.794. The van der Waals surface area contributed by atoms with Crippen molar-refractivity contribution in [2.45, 2.75) is 31.9 Å². The molecule has 0 spiro atoms. The summed E-state index contributed by atoms with van der Waals surface area (Å²) in [6.45, 7) is 0.961. The number of rotatable bonds is 6. The van der Waals surface area contributed by atoms with Gasteiger partial charge in [-0.3, -0.25) is 4.79 Å². The maximum atomic E-state index is 13.1. The van der Waals surface area contributed by atoms with Crippen molar-refractivity contribution >= 4 is 11.6 Å². The van der Waals surface area contributed by atoms with Gasteiger partial charge < -0.3 is 9.74 Å². The van der Waals surface area contributed by atoms with Gasteiger partial charge in [-0.1, -0.05) is 47.6 Å². The van der Waals surface area contributed by atoms with E-state index in [9.17, 15) is 9.18 Å². The summed E-state index contributed by atoms with van der Waals surface area (Å²) < 4.78 is 13.1. The third-order valence-corrected chi connectivity index (χ3v) is 4.79. The minimum absolute atomic E-state index is 0.131. The molecular formula is C21H21FN2O2. The molecule has 2 aromatic rings. The second-order valence-corrected chi connectivity index (χ2v) is 6.96. The largest absolute Gasteiger partial charge is 0.390 e. The van der Waals surface area contributed by atoms with Gasteiger partial charge >= 0.3 is 0 Å². The van der Waals surface area contributed by atoms with Crippen molar-refractivity contribution in [2.75, 3.05) is 6.54 Å². The molecule has 1 saturated carbocycles. The Morgan fingerprint density at radius 2 is 1.85 bits per heavy atom. The fourth-order valence-electron chi connectivity index (χ4n) is 3.20. The van der Waals surface area contributed by atoms with Gasteiger partial charge in [0.05, 0.1) is 12.3 Å². The summed E-state index contributed by atoms with van der Waals surface area (Å²) in [5.41, 5.74) is 2.88. The number of oxime groups is 1. The number of halogens is 1. The summed E-state index contributed by atoms with van der Waals surface area (Å²) in [6.07, 6.45) is 2.45. The van der Waals surface area contributed by atoms with Gasteiger partial charge in [-0.15, -0.1) is 0 Å². The SMILES string of the molecule is O=C(C1CC1)N(Cc1ccc(F)cc1)CC1CC(c2ccccc2)=NO1. The lowest BCUT2D eigenvalue weighted by Crippen LogP contribution is -2.38. The summed E-state index contributed by atoms with van der Waals surface area (Å²) in [4.78, 5) is 20.1. The maximum absolute atomic E-state index is 13.1. The van der Waals surface area contributed by atoms with Gasteiger partial charge in [0.2, 0.25) is 5.91 Å². The Bertz CT molecular complexity index is 801. The van der Waals surface area contributed by atoms with E-state index in [1.807, 2.05) is 35.2 Å². The Kier molecular flexibility index (Phi) is 4.69. The molecule has 0 radical (unpaired) electrons. The summed E-state index contributed by atoms with van der Waals surface area (Å²) in [5, 5.41) is 4.21. The molecule has 5 heteroatoms. The van der Waals surface area contributed by atoms with Crippen molar-refractivity contribution in [2.24, 2.45) is 11.1 Å². The zero-order valence-electron chi connectivity index (χ0n) is 14.5. The van der Waals surface area contributed by atoms with Crippen LogP contribution >= 0.6 is 0 Å². The Balaban J connectivity index is 1.42. The van der Waals surface area contributed by atoms with Gasteiger partial charge in [0, 0.05) is 18.9 Å². The lowest BCUT2D eigenvalue weighted by Gasteiger charge is -2.25. The number of carbonyl (C=O) groups excluding carboxylic acids is 1. The predicted molar refractivity (Wildman–Crippen MR) is 97.0 cm³/mol. The molecule has 1 aliphatic carbocycles. The zero-order chi connectivity index (χ0) is 17.9. The molecule has 1 unspecified atom stereocenters. The van der Waals surface area contributed by atoms with E-state index in [-0.39, 0.29) is 23.7 Å². The van der Waals surface area contributed by atoms with Crippen LogP contribution in [0.15, 0.2) is 59.8 Å². The van der Waals surface area contributed by atoms with Crippen LogP contribution in [0, 0.1) is 11.7 Å². The van der Waals surface area contributed by atoms with Crippen LogP contribution in [0.4, 0.5) is 4.39 Å². The topological polar surface area (TPSA) is 41.9 Å². The minimum atomic E-state index is -0.270. The highest BCUT2D eigenvalue weighted by atomic mass is 19.1. The highest BCUT2D eigenvalue weighted by Crippen LogP contribution is 2.32. The van der Waals surface area contributed by atoms with Gasteiger partial charge in [0.1, 0.15) is 5.82 Å². The molecule has 26 heavy (non-hydrogen) atoms. The highest BCUT2D eigenvalue weighted by Gasteiger charge is 2.35. The number of nitrogens with zero attached hydrogens (tertiary/aromatic N) is 2. The van der Waals surface area contributed by atoms with E-state index in [4.69, 9.17) is 4.84 Å². The molecular weight excluding hydrogens is 331 g/mol. The zero-order valence-corrected chi connectivity index (χ0v) is 14.5.